The quantitative estimate of drug-likeness (QED) is 0.550. The van der Waals surface area contributed by atoms with Gasteiger partial charge in [-0.25, -0.2) is 13.6 Å². The zero-order valence-corrected chi connectivity index (χ0v) is 20.1. The van der Waals surface area contributed by atoms with Gasteiger partial charge in [0.1, 0.15) is 11.3 Å². The molecule has 2 aromatic rings. The Bertz CT molecular complexity index is 1070. The van der Waals surface area contributed by atoms with Crippen molar-refractivity contribution in [2.75, 3.05) is 40.5 Å². The molecule has 2 saturated heterocycles. The van der Waals surface area contributed by atoms with Crippen molar-refractivity contribution in [1.29, 1.82) is 0 Å². The standard InChI is InChI=1S/C26H31F2N3O4/c1-34-13-12-31-24(32)26(29-25(31)33,16-18-4-3-5-21(14-18)35-2)20-8-10-30(11-9-20)17-19-6-7-22(27)23(28)15-19/h3-7,14-15,20H,8-13,16-17H2,1-2H3,(H,29,33)/t26-/m1/s1. The molecule has 0 unspecified atom stereocenters. The third-order valence-corrected chi connectivity index (χ3v) is 7.01. The Morgan fingerprint density at radius 2 is 1.80 bits per heavy atom. The summed E-state index contributed by atoms with van der Waals surface area (Å²) in [5.74, 6) is -1.35. The first-order valence-corrected chi connectivity index (χ1v) is 11.8. The SMILES string of the molecule is COCCN1C(=O)N[C@](Cc2cccc(OC)c2)(C2CCN(Cc3ccc(F)c(F)c3)CC2)C1=O. The Kier molecular flexibility index (Phi) is 7.66. The molecule has 0 aliphatic carbocycles. The molecule has 0 spiro atoms. The van der Waals surface area contributed by atoms with Crippen LogP contribution in [0, 0.1) is 17.6 Å². The van der Waals surface area contributed by atoms with Crippen LogP contribution in [0.15, 0.2) is 42.5 Å². The first-order chi connectivity index (χ1) is 16.9. The zero-order valence-electron chi connectivity index (χ0n) is 20.1. The number of benzene rings is 2. The average Bonchev–Trinajstić information content (AvgIpc) is 3.10. The van der Waals surface area contributed by atoms with E-state index in [1.807, 2.05) is 24.3 Å². The van der Waals surface area contributed by atoms with E-state index >= 15 is 0 Å². The molecule has 1 N–H and O–H groups in total. The van der Waals surface area contributed by atoms with E-state index < -0.39 is 23.2 Å². The number of rotatable bonds is 9. The van der Waals surface area contributed by atoms with Crippen LogP contribution in [-0.2, 0) is 22.5 Å². The van der Waals surface area contributed by atoms with Gasteiger partial charge in [0.2, 0.25) is 0 Å². The molecule has 188 valence electrons. The summed E-state index contributed by atoms with van der Waals surface area (Å²) in [5.41, 5.74) is 0.533. The number of hydrogen-bond acceptors (Lipinski definition) is 5. The summed E-state index contributed by atoms with van der Waals surface area (Å²) in [6, 6.07) is 11.1. The summed E-state index contributed by atoms with van der Waals surface area (Å²) in [6.07, 6.45) is 1.71. The van der Waals surface area contributed by atoms with Gasteiger partial charge in [0.25, 0.3) is 5.91 Å². The number of imide groups is 1. The third-order valence-electron chi connectivity index (χ3n) is 7.01. The van der Waals surface area contributed by atoms with E-state index in [0.29, 0.717) is 50.2 Å². The smallest absolute Gasteiger partial charge is 0.325 e. The molecular weight excluding hydrogens is 456 g/mol. The molecule has 9 heteroatoms. The fourth-order valence-electron chi connectivity index (χ4n) is 5.16. The minimum atomic E-state index is -1.06. The second-order valence-electron chi connectivity index (χ2n) is 9.18. The van der Waals surface area contributed by atoms with E-state index in [2.05, 4.69) is 10.2 Å². The first-order valence-electron chi connectivity index (χ1n) is 11.8. The van der Waals surface area contributed by atoms with Crippen LogP contribution in [0.4, 0.5) is 13.6 Å². The molecule has 0 bridgehead atoms. The summed E-state index contributed by atoms with van der Waals surface area (Å²) in [7, 11) is 3.12. The number of nitrogens with zero attached hydrogens (tertiary/aromatic N) is 2. The molecule has 0 aromatic heterocycles. The first kappa shape index (κ1) is 25.1. The molecule has 2 aliphatic rings. The fourth-order valence-corrected chi connectivity index (χ4v) is 5.16. The predicted octanol–water partition coefficient (Wildman–Crippen LogP) is 3.37. The molecule has 35 heavy (non-hydrogen) atoms. The molecule has 2 heterocycles. The Hall–Kier alpha value is -3.04. The monoisotopic (exact) mass is 487 g/mol. The van der Waals surface area contributed by atoms with E-state index in [-0.39, 0.29) is 25.0 Å². The summed E-state index contributed by atoms with van der Waals surface area (Å²) in [6.45, 7) is 2.29. The van der Waals surface area contributed by atoms with E-state index in [0.717, 1.165) is 11.6 Å². The van der Waals surface area contributed by atoms with Crippen LogP contribution in [0.3, 0.4) is 0 Å². The van der Waals surface area contributed by atoms with Gasteiger partial charge in [-0.15, -0.1) is 0 Å². The lowest BCUT2D eigenvalue weighted by atomic mass is 9.74. The van der Waals surface area contributed by atoms with Gasteiger partial charge in [0, 0.05) is 20.1 Å². The number of methoxy groups -OCH3 is 2. The normalized spacial score (nSPS) is 21.4. The van der Waals surface area contributed by atoms with Crippen LogP contribution < -0.4 is 10.1 Å². The highest BCUT2D eigenvalue weighted by molar-refractivity contribution is 6.07. The lowest BCUT2D eigenvalue weighted by Gasteiger charge is -2.41. The number of piperidine rings is 1. The van der Waals surface area contributed by atoms with E-state index in [4.69, 9.17) is 9.47 Å². The van der Waals surface area contributed by atoms with Crippen molar-refractivity contribution in [3.05, 3.63) is 65.2 Å². The lowest BCUT2D eigenvalue weighted by molar-refractivity contribution is -0.134. The number of halogens is 2. The molecular formula is C26H31F2N3O4. The third kappa shape index (κ3) is 5.31. The summed E-state index contributed by atoms with van der Waals surface area (Å²) in [4.78, 5) is 30.0. The maximum Gasteiger partial charge on any atom is 0.325 e. The molecule has 1 atom stereocenters. The van der Waals surface area contributed by atoms with Gasteiger partial charge in [0.05, 0.1) is 20.3 Å². The largest absolute Gasteiger partial charge is 0.497 e. The molecule has 2 aromatic carbocycles. The van der Waals surface area contributed by atoms with Gasteiger partial charge in [0.15, 0.2) is 11.6 Å². The van der Waals surface area contributed by atoms with E-state index in [9.17, 15) is 18.4 Å². The van der Waals surface area contributed by atoms with Crippen LogP contribution in [0.25, 0.3) is 0 Å². The van der Waals surface area contributed by atoms with Gasteiger partial charge in [-0.1, -0.05) is 18.2 Å². The van der Waals surface area contributed by atoms with Crippen molar-refractivity contribution in [2.45, 2.75) is 31.3 Å². The number of nitrogens with one attached hydrogen (secondary N) is 1. The van der Waals surface area contributed by atoms with Crippen molar-refractivity contribution in [1.82, 2.24) is 15.1 Å². The highest BCUT2D eigenvalue weighted by atomic mass is 19.2. The number of hydrogen-bond donors (Lipinski definition) is 1. The molecule has 2 aliphatic heterocycles. The highest BCUT2D eigenvalue weighted by Crippen LogP contribution is 2.37. The highest BCUT2D eigenvalue weighted by Gasteiger charge is 2.55. The van der Waals surface area contributed by atoms with Crippen molar-refractivity contribution < 1.29 is 27.8 Å². The molecule has 2 fully saturated rings. The van der Waals surface area contributed by atoms with Gasteiger partial charge in [-0.3, -0.25) is 14.6 Å². The van der Waals surface area contributed by atoms with Crippen molar-refractivity contribution >= 4 is 11.9 Å². The maximum absolute atomic E-state index is 13.7. The minimum absolute atomic E-state index is 0.0844. The van der Waals surface area contributed by atoms with Crippen LogP contribution in [0.2, 0.25) is 0 Å². The summed E-state index contributed by atoms with van der Waals surface area (Å²) in [5, 5.41) is 3.04. The Morgan fingerprint density at radius 1 is 1.03 bits per heavy atom. The minimum Gasteiger partial charge on any atom is -0.497 e. The van der Waals surface area contributed by atoms with Crippen LogP contribution in [-0.4, -0.2) is 67.7 Å². The van der Waals surface area contributed by atoms with Crippen LogP contribution in [0.5, 0.6) is 5.75 Å². The zero-order chi connectivity index (χ0) is 25.0. The molecule has 7 nitrogen and oxygen atoms in total. The van der Waals surface area contributed by atoms with Crippen molar-refractivity contribution in [3.63, 3.8) is 0 Å². The predicted molar refractivity (Wildman–Crippen MR) is 126 cm³/mol. The lowest BCUT2D eigenvalue weighted by Crippen LogP contribution is -2.57. The van der Waals surface area contributed by atoms with Gasteiger partial charge >= 0.3 is 6.03 Å². The Balaban J connectivity index is 1.53. The van der Waals surface area contributed by atoms with E-state index in [1.165, 1.54) is 18.1 Å². The summed E-state index contributed by atoms with van der Waals surface area (Å²) < 4.78 is 37.3. The second kappa shape index (κ2) is 10.7. The number of amides is 3. The van der Waals surface area contributed by atoms with Crippen LogP contribution >= 0.6 is 0 Å². The van der Waals surface area contributed by atoms with E-state index in [1.54, 1.807) is 13.2 Å². The number of carbonyl (C=O) groups is 2. The fraction of sp³-hybridized carbons (Fsp3) is 0.462. The Labute approximate surface area is 204 Å². The van der Waals surface area contributed by atoms with Gasteiger partial charge in [-0.05, 0) is 67.2 Å². The summed E-state index contributed by atoms with van der Waals surface area (Å²) >= 11 is 0. The van der Waals surface area contributed by atoms with Crippen molar-refractivity contribution in [3.8, 4) is 5.75 Å². The van der Waals surface area contributed by atoms with Gasteiger partial charge in [-0.2, -0.15) is 0 Å². The maximum atomic E-state index is 13.7. The number of ether oxygens (including phenoxy) is 2. The number of urea groups is 1. The van der Waals surface area contributed by atoms with Crippen molar-refractivity contribution in [2.24, 2.45) is 5.92 Å². The molecule has 0 radical (unpaired) electrons. The average molecular weight is 488 g/mol. The van der Waals surface area contributed by atoms with Gasteiger partial charge < -0.3 is 14.8 Å². The second-order valence-corrected chi connectivity index (χ2v) is 9.18. The van der Waals surface area contributed by atoms with Crippen LogP contribution in [0.1, 0.15) is 24.0 Å². The number of carbonyl (C=O) groups excluding carboxylic acids is 2. The Morgan fingerprint density at radius 3 is 2.49 bits per heavy atom. The topological polar surface area (TPSA) is 71.1 Å². The molecule has 4 rings (SSSR count). The number of likely N-dealkylation sites (tertiary alicyclic amines) is 1. The molecule has 0 saturated carbocycles. The molecule has 3 amide bonds.